The van der Waals surface area contributed by atoms with E-state index >= 15 is 0 Å². The molecule has 2 saturated heterocycles. The average molecular weight is 376 g/mol. The summed E-state index contributed by atoms with van der Waals surface area (Å²) >= 11 is 0. The first-order chi connectivity index (χ1) is 13.0. The molecule has 2 heterocycles. The number of amides is 2. The smallest absolute Gasteiger partial charge is 0.273 e. The lowest BCUT2D eigenvalue weighted by Gasteiger charge is -2.36. The Kier molecular flexibility index (Phi) is 6.36. The highest BCUT2D eigenvalue weighted by Gasteiger charge is 2.26. The number of nitro benzene ring substituents is 1. The first kappa shape index (κ1) is 19.2. The number of nitrogens with zero attached hydrogens (tertiary/aromatic N) is 4. The van der Waals surface area contributed by atoms with Crippen LogP contribution in [-0.2, 0) is 20.7 Å². The van der Waals surface area contributed by atoms with Crippen molar-refractivity contribution in [2.24, 2.45) is 0 Å². The van der Waals surface area contributed by atoms with Crippen LogP contribution in [0.1, 0.15) is 5.56 Å². The molecule has 0 bridgehead atoms. The number of hydrogen-bond acceptors (Lipinski definition) is 6. The van der Waals surface area contributed by atoms with Gasteiger partial charge in [-0.05, 0) is 0 Å². The lowest BCUT2D eigenvalue weighted by atomic mass is 10.1. The Morgan fingerprint density at radius 1 is 0.963 bits per heavy atom. The van der Waals surface area contributed by atoms with Crippen molar-refractivity contribution in [2.75, 3.05) is 59.0 Å². The summed E-state index contributed by atoms with van der Waals surface area (Å²) in [7, 11) is 0. The first-order valence-corrected chi connectivity index (χ1v) is 9.12. The van der Waals surface area contributed by atoms with Gasteiger partial charge in [0.1, 0.15) is 0 Å². The van der Waals surface area contributed by atoms with E-state index < -0.39 is 4.92 Å². The molecule has 146 valence electrons. The van der Waals surface area contributed by atoms with Gasteiger partial charge in [0, 0.05) is 50.9 Å². The van der Waals surface area contributed by atoms with E-state index in [0.717, 1.165) is 13.1 Å². The molecule has 0 N–H and O–H groups in total. The van der Waals surface area contributed by atoms with E-state index in [-0.39, 0.29) is 23.9 Å². The monoisotopic (exact) mass is 376 g/mol. The second-order valence-electron chi connectivity index (χ2n) is 6.71. The third kappa shape index (κ3) is 5.01. The summed E-state index contributed by atoms with van der Waals surface area (Å²) < 4.78 is 5.29. The molecule has 2 amide bonds. The molecule has 3 rings (SSSR count). The van der Waals surface area contributed by atoms with Crippen molar-refractivity contribution in [1.29, 1.82) is 0 Å². The van der Waals surface area contributed by atoms with Crippen LogP contribution in [0.25, 0.3) is 0 Å². The number of ether oxygens (including phenoxy) is 1. The van der Waals surface area contributed by atoms with Crippen LogP contribution in [0.2, 0.25) is 0 Å². The Labute approximate surface area is 157 Å². The van der Waals surface area contributed by atoms with Crippen molar-refractivity contribution in [2.45, 2.75) is 6.42 Å². The average Bonchev–Trinajstić information content (AvgIpc) is 2.69. The maximum atomic E-state index is 12.5. The predicted octanol–water partition coefficient (Wildman–Crippen LogP) is 0.140. The van der Waals surface area contributed by atoms with Crippen LogP contribution in [-0.4, -0.2) is 90.5 Å². The molecule has 0 aliphatic carbocycles. The van der Waals surface area contributed by atoms with Crippen molar-refractivity contribution in [1.82, 2.24) is 14.7 Å². The van der Waals surface area contributed by atoms with Crippen molar-refractivity contribution >= 4 is 17.5 Å². The van der Waals surface area contributed by atoms with Gasteiger partial charge in [0.15, 0.2) is 0 Å². The molecule has 9 nitrogen and oxygen atoms in total. The topological polar surface area (TPSA) is 96.2 Å². The molecule has 0 saturated carbocycles. The Morgan fingerprint density at radius 3 is 2.19 bits per heavy atom. The normalized spacial score (nSPS) is 18.4. The molecule has 1 aromatic carbocycles. The quantitative estimate of drug-likeness (QED) is 0.536. The zero-order valence-electron chi connectivity index (χ0n) is 15.2. The van der Waals surface area contributed by atoms with Gasteiger partial charge in [-0.1, -0.05) is 18.2 Å². The van der Waals surface area contributed by atoms with Gasteiger partial charge in [0.2, 0.25) is 11.8 Å². The fourth-order valence-electron chi connectivity index (χ4n) is 3.37. The molecular weight excluding hydrogens is 352 g/mol. The van der Waals surface area contributed by atoms with Crippen LogP contribution in [0.3, 0.4) is 0 Å². The first-order valence-electron chi connectivity index (χ1n) is 9.12. The molecule has 2 aliphatic rings. The molecule has 27 heavy (non-hydrogen) atoms. The van der Waals surface area contributed by atoms with Gasteiger partial charge in [-0.15, -0.1) is 0 Å². The molecular formula is C18H24N4O5. The van der Waals surface area contributed by atoms with E-state index in [1.807, 2.05) is 0 Å². The number of nitro groups is 1. The molecule has 9 heteroatoms. The maximum absolute atomic E-state index is 12.5. The lowest BCUT2D eigenvalue weighted by molar-refractivity contribution is -0.385. The van der Waals surface area contributed by atoms with Gasteiger partial charge in [-0.25, -0.2) is 0 Å². The van der Waals surface area contributed by atoms with E-state index in [2.05, 4.69) is 4.90 Å². The highest BCUT2D eigenvalue weighted by Crippen LogP contribution is 2.19. The van der Waals surface area contributed by atoms with Crippen LogP contribution in [0.4, 0.5) is 5.69 Å². The van der Waals surface area contributed by atoms with Crippen molar-refractivity contribution in [3.05, 3.63) is 39.9 Å². The highest BCUT2D eigenvalue weighted by atomic mass is 16.6. The number of rotatable bonds is 5. The summed E-state index contributed by atoms with van der Waals surface area (Å²) in [6, 6.07) is 6.30. The fraction of sp³-hybridized carbons (Fsp3) is 0.556. The molecule has 0 atom stereocenters. The van der Waals surface area contributed by atoms with Crippen LogP contribution in [0.5, 0.6) is 0 Å². The minimum absolute atomic E-state index is 0.00111. The summed E-state index contributed by atoms with van der Waals surface area (Å²) in [4.78, 5) is 41.1. The highest BCUT2D eigenvalue weighted by molar-refractivity contribution is 5.81. The third-order valence-electron chi connectivity index (χ3n) is 4.98. The summed E-state index contributed by atoms with van der Waals surface area (Å²) in [5, 5.41) is 11.1. The maximum Gasteiger partial charge on any atom is 0.273 e. The second-order valence-corrected chi connectivity index (χ2v) is 6.71. The summed E-state index contributed by atoms with van der Waals surface area (Å²) in [5.74, 6) is -0.0766. The van der Waals surface area contributed by atoms with Gasteiger partial charge >= 0.3 is 0 Å². The second kappa shape index (κ2) is 8.92. The van der Waals surface area contributed by atoms with E-state index in [9.17, 15) is 19.7 Å². The van der Waals surface area contributed by atoms with Crippen molar-refractivity contribution < 1.29 is 19.2 Å². The van der Waals surface area contributed by atoms with Gasteiger partial charge in [0.25, 0.3) is 5.69 Å². The molecule has 0 unspecified atom stereocenters. The van der Waals surface area contributed by atoms with Gasteiger partial charge < -0.3 is 14.5 Å². The van der Waals surface area contributed by atoms with Crippen LogP contribution in [0, 0.1) is 10.1 Å². The van der Waals surface area contributed by atoms with Crippen molar-refractivity contribution in [3.63, 3.8) is 0 Å². The van der Waals surface area contributed by atoms with E-state index in [1.165, 1.54) is 6.07 Å². The molecule has 2 fully saturated rings. The van der Waals surface area contributed by atoms with E-state index in [0.29, 0.717) is 51.5 Å². The number of carbonyl (C=O) groups is 2. The zero-order chi connectivity index (χ0) is 19.2. The number of para-hydroxylation sites is 1. The largest absolute Gasteiger partial charge is 0.379 e. The third-order valence-corrected chi connectivity index (χ3v) is 4.98. The summed E-state index contributed by atoms with van der Waals surface area (Å²) in [5.41, 5.74) is 0.378. The molecule has 2 aliphatic heterocycles. The Morgan fingerprint density at radius 2 is 1.56 bits per heavy atom. The van der Waals surface area contributed by atoms with Gasteiger partial charge in [0.05, 0.1) is 31.1 Å². The summed E-state index contributed by atoms with van der Waals surface area (Å²) in [6.45, 7) is 5.11. The Hall–Kier alpha value is -2.52. The summed E-state index contributed by atoms with van der Waals surface area (Å²) in [6.07, 6.45) is -0.00111. The molecule has 0 aromatic heterocycles. The molecule has 1 aromatic rings. The number of piperazine rings is 1. The van der Waals surface area contributed by atoms with Crippen molar-refractivity contribution in [3.8, 4) is 0 Å². The van der Waals surface area contributed by atoms with Crippen LogP contribution in [0.15, 0.2) is 24.3 Å². The number of morpholine rings is 1. The predicted molar refractivity (Wildman–Crippen MR) is 97.2 cm³/mol. The van der Waals surface area contributed by atoms with E-state index in [4.69, 9.17) is 4.74 Å². The minimum atomic E-state index is -0.467. The molecule has 0 radical (unpaired) electrons. The molecule has 0 spiro atoms. The number of benzene rings is 1. The Bertz CT molecular complexity index is 697. The fourth-order valence-corrected chi connectivity index (χ4v) is 3.37. The SMILES string of the molecule is O=C(Cc1ccccc1[N+](=O)[O-])N1CCN(C(=O)CN2CCOCC2)CC1. The Balaban J connectivity index is 1.49. The zero-order valence-corrected chi connectivity index (χ0v) is 15.2. The number of hydrogen-bond donors (Lipinski definition) is 0. The van der Waals surface area contributed by atoms with Gasteiger partial charge in [-0.3, -0.25) is 24.6 Å². The minimum Gasteiger partial charge on any atom is -0.379 e. The lowest BCUT2D eigenvalue weighted by Crippen LogP contribution is -2.53. The van der Waals surface area contributed by atoms with Crippen LogP contribution < -0.4 is 0 Å². The van der Waals surface area contributed by atoms with Crippen LogP contribution >= 0.6 is 0 Å². The van der Waals surface area contributed by atoms with Gasteiger partial charge in [-0.2, -0.15) is 0 Å². The standard InChI is InChI=1S/C18H24N4O5/c23-17(13-15-3-1-2-4-16(15)22(25)26)20-5-7-21(8-6-20)18(24)14-19-9-11-27-12-10-19/h1-4H,5-14H2. The number of carbonyl (C=O) groups excluding carboxylic acids is 2. The van der Waals surface area contributed by atoms with E-state index in [1.54, 1.807) is 28.0 Å².